The largest absolute Gasteiger partial charge is 0.0745 e. The minimum atomic E-state index is 0.562. The van der Waals surface area contributed by atoms with E-state index in [1.54, 1.807) is 5.57 Å². The van der Waals surface area contributed by atoms with Crippen molar-refractivity contribution in [2.45, 2.75) is 52.9 Å². The van der Waals surface area contributed by atoms with Crippen LogP contribution in [0.1, 0.15) is 52.9 Å². The van der Waals surface area contributed by atoms with E-state index in [0.29, 0.717) is 5.41 Å². The van der Waals surface area contributed by atoms with Gasteiger partial charge in [-0.25, -0.2) is 0 Å². The summed E-state index contributed by atoms with van der Waals surface area (Å²) in [5.74, 6) is 0. The quantitative estimate of drug-likeness (QED) is 0.524. The van der Waals surface area contributed by atoms with Crippen molar-refractivity contribution in [2.24, 2.45) is 5.41 Å². The van der Waals surface area contributed by atoms with E-state index >= 15 is 0 Å². The van der Waals surface area contributed by atoms with Crippen LogP contribution in [0.3, 0.4) is 0 Å². The van der Waals surface area contributed by atoms with Crippen LogP contribution >= 0.6 is 0 Å². The molecule has 0 heterocycles. The average molecular weight is 152 g/mol. The molecule has 1 unspecified atom stereocenters. The van der Waals surface area contributed by atoms with Crippen LogP contribution in [0.5, 0.6) is 0 Å². The highest BCUT2D eigenvalue weighted by molar-refractivity contribution is 5.36. The molecule has 0 radical (unpaired) electrons. The van der Waals surface area contributed by atoms with E-state index in [-0.39, 0.29) is 0 Å². The maximum Gasteiger partial charge on any atom is 0.00657 e. The predicted molar refractivity (Wildman–Crippen MR) is 50.6 cm³/mol. The average Bonchev–Trinajstić information content (AvgIpc) is 2.60. The first-order chi connectivity index (χ1) is 5.23. The van der Waals surface area contributed by atoms with E-state index in [1.807, 2.05) is 0 Å². The smallest absolute Gasteiger partial charge is 0.00657 e. The first kappa shape index (κ1) is 8.83. The Bertz CT molecular complexity index is 155. The van der Waals surface area contributed by atoms with Gasteiger partial charge in [0.05, 0.1) is 0 Å². The van der Waals surface area contributed by atoms with Crippen LogP contribution in [0.4, 0.5) is 0 Å². The van der Waals surface area contributed by atoms with Crippen LogP contribution in [-0.2, 0) is 0 Å². The summed E-state index contributed by atoms with van der Waals surface area (Å²) in [4.78, 5) is 0. The minimum absolute atomic E-state index is 0.562. The fourth-order valence-electron chi connectivity index (χ4n) is 1.75. The van der Waals surface area contributed by atoms with E-state index in [2.05, 4.69) is 26.8 Å². The molecule has 64 valence electrons. The van der Waals surface area contributed by atoms with Crippen molar-refractivity contribution in [2.75, 3.05) is 0 Å². The zero-order valence-electron chi connectivity index (χ0n) is 8.11. The lowest BCUT2D eigenvalue weighted by atomic mass is 9.94. The number of rotatable bonds is 5. The van der Waals surface area contributed by atoms with Gasteiger partial charge in [0, 0.05) is 5.41 Å². The highest BCUT2D eigenvalue weighted by Gasteiger charge is 2.36. The third-order valence-electron chi connectivity index (χ3n) is 2.71. The molecule has 1 aliphatic rings. The summed E-state index contributed by atoms with van der Waals surface area (Å²) in [6, 6.07) is 0. The van der Waals surface area contributed by atoms with Crippen LogP contribution in [0, 0.1) is 5.41 Å². The van der Waals surface area contributed by atoms with E-state index < -0.39 is 0 Å². The first-order valence-electron chi connectivity index (χ1n) is 4.95. The second kappa shape index (κ2) is 3.42. The number of unbranched alkanes of at least 4 members (excludes halogenated alkanes) is 1. The lowest BCUT2D eigenvalue weighted by Crippen LogP contribution is -1.98. The van der Waals surface area contributed by atoms with Crippen molar-refractivity contribution in [1.82, 2.24) is 0 Å². The van der Waals surface area contributed by atoms with Gasteiger partial charge in [-0.3, -0.25) is 0 Å². The van der Waals surface area contributed by atoms with Crippen molar-refractivity contribution in [1.29, 1.82) is 0 Å². The van der Waals surface area contributed by atoms with E-state index in [4.69, 9.17) is 0 Å². The lowest BCUT2D eigenvalue weighted by Gasteiger charge is -2.10. The molecule has 0 amide bonds. The molecule has 0 aromatic rings. The summed E-state index contributed by atoms with van der Waals surface area (Å²) in [7, 11) is 0. The van der Waals surface area contributed by atoms with Crippen LogP contribution in [0.15, 0.2) is 11.6 Å². The molecule has 1 aliphatic carbocycles. The number of hydrogen-bond donors (Lipinski definition) is 0. The van der Waals surface area contributed by atoms with Crippen molar-refractivity contribution in [3.05, 3.63) is 11.6 Å². The Morgan fingerprint density at radius 2 is 2.00 bits per heavy atom. The summed E-state index contributed by atoms with van der Waals surface area (Å²) in [5, 5.41) is 0. The Kier molecular flexibility index (Phi) is 2.75. The van der Waals surface area contributed by atoms with Gasteiger partial charge in [0.25, 0.3) is 0 Å². The zero-order valence-corrected chi connectivity index (χ0v) is 8.11. The molecule has 1 atom stereocenters. The summed E-state index contributed by atoms with van der Waals surface area (Å²) >= 11 is 0. The van der Waals surface area contributed by atoms with Crippen molar-refractivity contribution in [3.63, 3.8) is 0 Å². The van der Waals surface area contributed by atoms with Crippen molar-refractivity contribution < 1.29 is 0 Å². The Labute approximate surface area is 70.7 Å². The third-order valence-corrected chi connectivity index (χ3v) is 2.71. The molecule has 0 saturated heterocycles. The second-order valence-corrected chi connectivity index (χ2v) is 3.94. The second-order valence-electron chi connectivity index (χ2n) is 3.94. The SMILES string of the molecule is CCCCC1(C)C=C1CCC. The Morgan fingerprint density at radius 1 is 1.27 bits per heavy atom. The Hall–Kier alpha value is -0.260. The van der Waals surface area contributed by atoms with Gasteiger partial charge < -0.3 is 0 Å². The fourth-order valence-corrected chi connectivity index (χ4v) is 1.75. The normalized spacial score (nSPS) is 28.5. The molecule has 0 fully saturated rings. The number of hydrogen-bond acceptors (Lipinski definition) is 0. The van der Waals surface area contributed by atoms with Gasteiger partial charge in [0.15, 0.2) is 0 Å². The molecule has 0 aromatic carbocycles. The first-order valence-corrected chi connectivity index (χ1v) is 4.95. The van der Waals surface area contributed by atoms with Crippen molar-refractivity contribution in [3.8, 4) is 0 Å². The van der Waals surface area contributed by atoms with Crippen LogP contribution in [0.25, 0.3) is 0 Å². The third kappa shape index (κ3) is 2.08. The summed E-state index contributed by atoms with van der Waals surface area (Å²) in [5.41, 5.74) is 2.28. The number of allylic oxidation sites excluding steroid dienone is 2. The molecule has 1 rings (SSSR count). The van der Waals surface area contributed by atoms with Gasteiger partial charge in [-0.1, -0.05) is 51.7 Å². The standard InChI is InChI=1S/C11H20/c1-4-6-8-11(3)9-10(11)7-5-2/h9H,4-8H2,1-3H3. The Morgan fingerprint density at radius 3 is 2.55 bits per heavy atom. The Balaban J connectivity index is 2.17. The topological polar surface area (TPSA) is 0 Å². The monoisotopic (exact) mass is 152 g/mol. The highest BCUT2D eigenvalue weighted by Crippen LogP contribution is 2.49. The summed E-state index contributed by atoms with van der Waals surface area (Å²) < 4.78 is 0. The van der Waals surface area contributed by atoms with Gasteiger partial charge in [0.2, 0.25) is 0 Å². The zero-order chi connectivity index (χ0) is 8.32. The van der Waals surface area contributed by atoms with Crippen LogP contribution < -0.4 is 0 Å². The predicted octanol–water partition coefficient (Wildman–Crippen LogP) is 3.92. The van der Waals surface area contributed by atoms with Gasteiger partial charge in [-0.05, 0) is 12.8 Å². The molecule has 11 heavy (non-hydrogen) atoms. The van der Waals surface area contributed by atoms with Gasteiger partial charge in [-0.2, -0.15) is 0 Å². The summed E-state index contributed by atoms with van der Waals surface area (Å²) in [6.45, 7) is 6.91. The van der Waals surface area contributed by atoms with Crippen molar-refractivity contribution >= 4 is 0 Å². The molecule has 0 bridgehead atoms. The maximum atomic E-state index is 2.46. The van der Waals surface area contributed by atoms with Gasteiger partial charge in [-0.15, -0.1) is 0 Å². The van der Waals surface area contributed by atoms with Crippen LogP contribution in [0.2, 0.25) is 0 Å². The fraction of sp³-hybridized carbons (Fsp3) is 0.818. The van der Waals surface area contributed by atoms with E-state index in [9.17, 15) is 0 Å². The van der Waals surface area contributed by atoms with Gasteiger partial charge in [0.1, 0.15) is 0 Å². The lowest BCUT2D eigenvalue weighted by molar-refractivity contribution is 0.511. The molecule has 0 saturated carbocycles. The maximum absolute atomic E-state index is 2.46. The molecule has 0 aromatic heterocycles. The summed E-state index contributed by atoms with van der Waals surface area (Å²) in [6.07, 6.45) is 9.22. The molecular weight excluding hydrogens is 132 g/mol. The molecule has 0 spiro atoms. The van der Waals surface area contributed by atoms with Crippen LogP contribution in [-0.4, -0.2) is 0 Å². The van der Waals surface area contributed by atoms with Gasteiger partial charge >= 0.3 is 0 Å². The molecule has 0 aliphatic heterocycles. The molecule has 0 heteroatoms. The minimum Gasteiger partial charge on any atom is -0.0745 e. The molecule has 0 nitrogen and oxygen atoms in total. The highest BCUT2D eigenvalue weighted by atomic mass is 14.4. The van der Waals surface area contributed by atoms with E-state index in [0.717, 1.165) is 0 Å². The van der Waals surface area contributed by atoms with E-state index in [1.165, 1.54) is 32.1 Å². The molecule has 0 N–H and O–H groups in total. The molecular formula is C11H20.